The average molecular weight is 364 g/mol. The molecule has 2 rings (SSSR count). The number of carbonyl (C=O) groups is 2. The zero-order chi connectivity index (χ0) is 19.3. The van der Waals surface area contributed by atoms with E-state index in [1.807, 2.05) is 12.2 Å². The number of carbonyl (C=O) groups excluding carboxylic acids is 2. The second-order valence-corrected chi connectivity index (χ2v) is 7.07. The first-order chi connectivity index (χ1) is 12.3. The summed E-state index contributed by atoms with van der Waals surface area (Å²) >= 11 is 0. The number of hydrogen-bond donors (Lipinski definition) is 2. The highest BCUT2D eigenvalue weighted by Gasteiger charge is 2.38. The SMILES string of the molecule is C=C1C(=O)O[C@H]2CC(CO)=CCC/C(COC(=O)C(C)C(C)O)=C/C[C@H]12. The van der Waals surface area contributed by atoms with Crippen molar-refractivity contribution >= 4 is 11.9 Å². The van der Waals surface area contributed by atoms with E-state index in [0.717, 1.165) is 11.1 Å². The van der Waals surface area contributed by atoms with E-state index in [9.17, 15) is 19.8 Å². The van der Waals surface area contributed by atoms with E-state index >= 15 is 0 Å². The Bertz CT molecular complexity index is 616. The van der Waals surface area contributed by atoms with Crippen LogP contribution in [-0.4, -0.2) is 47.6 Å². The van der Waals surface area contributed by atoms with Crippen molar-refractivity contribution in [3.05, 3.63) is 35.5 Å². The first-order valence-corrected chi connectivity index (χ1v) is 9.04. The molecule has 1 aliphatic heterocycles. The van der Waals surface area contributed by atoms with Gasteiger partial charge in [-0.1, -0.05) is 18.7 Å². The van der Waals surface area contributed by atoms with Crippen LogP contribution in [0.5, 0.6) is 0 Å². The third-order valence-corrected chi connectivity index (χ3v) is 5.14. The second kappa shape index (κ2) is 9.14. The quantitative estimate of drug-likeness (QED) is 0.441. The summed E-state index contributed by atoms with van der Waals surface area (Å²) in [6, 6.07) is 0. The normalized spacial score (nSPS) is 28.2. The number of esters is 2. The maximum absolute atomic E-state index is 11.9. The van der Waals surface area contributed by atoms with Gasteiger partial charge in [-0.25, -0.2) is 4.79 Å². The largest absolute Gasteiger partial charge is 0.461 e. The average Bonchev–Trinajstić information content (AvgIpc) is 2.88. The Labute approximate surface area is 154 Å². The van der Waals surface area contributed by atoms with Crippen molar-refractivity contribution in [2.45, 2.75) is 51.7 Å². The maximum atomic E-state index is 11.9. The lowest BCUT2D eigenvalue weighted by Crippen LogP contribution is -2.25. The monoisotopic (exact) mass is 364 g/mol. The zero-order valence-corrected chi connectivity index (χ0v) is 15.4. The van der Waals surface area contributed by atoms with Crippen molar-refractivity contribution in [2.75, 3.05) is 13.2 Å². The highest BCUT2D eigenvalue weighted by Crippen LogP contribution is 2.34. The minimum absolute atomic E-state index is 0.0762. The summed E-state index contributed by atoms with van der Waals surface area (Å²) in [7, 11) is 0. The molecular formula is C20H28O6. The van der Waals surface area contributed by atoms with Gasteiger partial charge in [0.1, 0.15) is 12.7 Å². The standard InChI is InChI=1S/C20H28O6/c1-12(14(3)22)19(23)25-11-15-5-4-6-16(10-21)9-18-17(8-7-15)13(2)20(24)26-18/h6-7,12,14,17-18,21-22H,2,4-5,8-11H2,1,3H3/b15-7-,16-6?/t12?,14?,17-,18+/m1/s1. The molecule has 4 atom stereocenters. The molecule has 6 heteroatoms. The van der Waals surface area contributed by atoms with Crippen LogP contribution in [0, 0.1) is 11.8 Å². The van der Waals surface area contributed by atoms with Gasteiger partial charge >= 0.3 is 11.9 Å². The lowest BCUT2D eigenvalue weighted by Gasteiger charge is -2.20. The fraction of sp³-hybridized carbons (Fsp3) is 0.600. The molecule has 144 valence electrons. The van der Waals surface area contributed by atoms with E-state index in [4.69, 9.17) is 9.47 Å². The van der Waals surface area contributed by atoms with Gasteiger partial charge in [0.15, 0.2) is 0 Å². The lowest BCUT2D eigenvalue weighted by molar-refractivity contribution is -0.150. The summed E-state index contributed by atoms with van der Waals surface area (Å²) in [4.78, 5) is 23.8. The van der Waals surface area contributed by atoms with Gasteiger partial charge < -0.3 is 19.7 Å². The van der Waals surface area contributed by atoms with Crippen LogP contribution < -0.4 is 0 Å². The van der Waals surface area contributed by atoms with E-state index in [1.165, 1.54) is 0 Å². The van der Waals surface area contributed by atoms with Crippen LogP contribution in [0.25, 0.3) is 0 Å². The molecule has 0 spiro atoms. The molecule has 1 saturated heterocycles. The molecule has 0 saturated carbocycles. The number of fused-ring (bicyclic) bond motifs is 1. The first-order valence-electron chi connectivity index (χ1n) is 9.04. The number of ether oxygens (including phenoxy) is 2. The molecule has 2 unspecified atom stereocenters. The third-order valence-electron chi connectivity index (χ3n) is 5.14. The molecule has 1 heterocycles. The summed E-state index contributed by atoms with van der Waals surface area (Å²) in [6.07, 6.45) is 5.34. The zero-order valence-electron chi connectivity index (χ0n) is 15.4. The molecule has 1 fully saturated rings. The Morgan fingerprint density at radius 3 is 2.77 bits per heavy atom. The van der Waals surface area contributed by atoms with Gasteiger partial charge in [0, 0.05) is 17.9 Å². The number of rotatable bonds is 5. The van der Waals surface area contributed by atoms with Gasteiger partial charge in [-0.05, 0) is 44.3 Å². The molecule has 0 bridgehead atoms. The predicted octanol–water partition coefficient (Wildman–Crippen LogP) is 2.06. The number of aliphatic hydroxyl groups excluding tert-OH is 2. The molecule has 0 aromatic heterocycles. The fourth-order valence-corrected chi connectivity index (χ4v) is 3.10. The molecule has 1 aliphatic carbocycles. The minimum atomic E-state index is -0.763. The third kappa shape index (κ3) is 5.05. The Balaban J connectivity index is 2.10. The molecule has 6 nitrogen and oxygen atoms in total. The van der Waals surface area contributed by atoms with Gasteiger partial charge in [-0.3, -0.25) is 4.79 Å². The van der Waals surface area contributed by atoms with Crippen LogP contribution in [0.1, 0.15) is 39.5 Å². The van der Waals surface area contributed by atoms with E-state index in [2.05, 4.69) is 6.58 Å². The minimum Gasteiger partial charge on any atom is -0.461 e. The summed E-state index contributed by atoms with van der Waals surface area (Å²) in [5, 5.41) is 19.0. The van der Waals surface area contributed by atoms with Crippen LogP contribution in [0.4, 0.5) is 0 Å². The molecular weight excluding hydrogens is 336 g/mol. The van der Waals surface area contributed by atoms with Crippen molar-refractivity contribution in [1.29, 1.82) is 0 Å². The molecule has 0 aromatic rings. The van der Waals surface area contributed by atoms with E-state index < -0.39 is 18.0 Å². The van der Waals surface area contributed by atoms with Crippen LogP contribution in [0.15, 0.2) is 35.5 Å². The van der Waals surface area contributed by atoms with Crippen LogP contribution >= 0.6 is 0 Å². The first kappa shape index (κ1) is 20.4. The molecule has 26 heavy (non-hydrogen) atoms. The molecule has 0 radical (unpaired) electrons. The molecule has 2 aliphatic rings. The number of allylic oxidation sites excluding steroid dienone is 2. The summed E-state index contributed by atoms with van der Waals surface area (Å²) in [5.41, 5.74) is 2.23. The van der Waals surface area contributed by atoms with Crippen molar-refractivity contribution in [3.8, 4) is 0 Å². The second-order valence-electron chi connectivity index (χ2n) is 7.07. The maximum Gasteiger partial charge on any atom is 0.334 e. The number of hydrogen-bond acceptors (Lipinski definition) is 6. The topological polar surface area (TPSA) is 93.1 Å². The van der Waals surface area contributed by atoms with Crippen molar-refractivity contribution in [2.24, 2.45) is 11.8 Å². The van der Waals surface area contributed by atoms with Gasteiger partial charge in [-0.15, -0.1) is 0 Å². The highest BCUT2D eigenvalue weighted by molar-refractivity contribution is 5.90. The Hall–Kier alpha value is -1.92. The summed E-state index contributed by atoms with van der Waals surface area (Å²) < 4.78 is 10.7. The smallest absolute Gasteiger partial charge is 0.334 e. The van der Waals surface area contributed by atoms with Gasteiger partial charge in [0.05, 0.1) is 18.6 Å². The van der Waals surface area contributed by atoms with E-state index in [-0.39, 0.29) is 31.2 Å². The van der Waals surface area contributed by atoms with Crippen LogP contribution in [0.3, 0.4) is 0 Å². The van der Waals surface area contributed by atoms with Gasteiger partial charge in [0.25, 0.3) is 0 Å². The summed E-state index contributed by atoms with van der Waals surface area (Å²) in [5.74, 6) is -1.55. The molecule has 2 N–H and O–H groups in total. The lowest BCUT2D eigenvalue weighted by atomic mass is 9.87. The predicted molar refractivity (Wildman–Crippen MR) is 96.0 cm³/mol. The van der Waals surface area contributed by atoms with Crippen molar-refractivity contribution < 1.29 is 29.3 Å². The van der Waals surface area contributed by atoms with E-state index in [1.54, 1.807) is 13.8 Å². The number of aliphatic hydroxyl groups is 2. The fourth-order valence-electron chi connectivity index (χ4n) is 3.10. The van der Waals surface area contributed by atoms with Crippen LogP contribution in [-0.2, 0) is 19.1 Å². The molecule has 0 amide bonds. The molecule has 0 aromatic carbocycles. The van der Waals surface area contributed by atoms with Crippen molar-refractivity contribution in [1.82, 2.24) is 0 Å². The summed E-state index contributed by atoms with van der Waals surface area (Å²) in [6.45, 7) is 7.09. The Morgan fingerprint density at radius 2 is 2.12 bits per heavy atom. The Kier molecular flexibility index (Phi) is 7.17. The van der Waals surface area contributed by atoms with E-state index in [0.29, 0.717) is 31.3 Å². The van der Waals surface area contributed by atoms with Crippen molar-refractivity contribution in [3.63, 3.8) is 0 Å². The Morgan fingerprint density at radius 1 is 1.38 bits per heavy atom. The van der Waals surface area contributed by atoms with Crippen LogP contribution in [0.2, 0.25) is 0 Å². The van der Waals surface area contributed by atoms with Gasteiger partial charge in [0.2, 0.25) is 0 Å². The van der Waals surface area contributed by atoms with Gasteiger partial charge in [-0.2, -0.15) is 0 Å². The highest BCUT2D eigenvalue weighted by atomic mass is 16.6.